The van der Waals surface area contributed by atoms with Gasteiger partial charge in [-0.15, -0.1) is 0 Å². The number of amides is 1. The fourth-order valence-corrected chi connectivity index (χ4v) is 1.09. The molecule has 7 heteroatoms. The molecule has 0 radical (unpaired) electrons. The normalized spacial score (nSPS) is 10.1. The third-order valence-electron chi connectivity index (χ3n) is 1.89. The van der Waals surface area contributed by atoms with Crippen LogP contribution in [-0.2, 0) is 4.79 Å². The minimum Gasteiger partial charge on any atom is -0.473 e. The summed E-state index contributed by atoms with van der Waals surface area (Å²) in [6.07, 6.45) is 1.30. The van der Waals surface area contributed by atoms with Crippen molar-refractivity contribution in [1.82, 2.24) is 15.3 Å². The van der Waals surface area contributed by atoms with Gasteiger partial charge in [-0.1, -0.05) is 0 Å². The van der Waals surface area contributed by atoms with Gasteiger partial charge in [0.15, 0.2) is 5.82 Å². The van der Waals surface area contributed by atoms with Gasteiger partial charge in [-0.3, -0.25) is 4.79 Å². The Balaban J connectivity index is 2.76. The third-order valence-corrected chi connectivity index (χ3v) is 1.89. The molecule has 0 aliphatic rings. The van der Waals surface area contributed by atoms with Crippen molar-refractivity contribution in [1.29, 1.82) is 0 Å². The lowest BCUT2D eigenvalue weighted by atomic mass is 10.4. The van der Waals surface area contributed by atoms with Crippen LogP contribution in [0.3, 0.4) is 0 Å². The predicted octanol–water partition coefficient (Wildman–Crippen LogP) is 0.00390. The number of ether oxygens (including phenoxy) is 1. The molecule has 94 valence electrons. The minimum absolute atomic E-state index is 0.0287. The molecule has 17 heavy (non-hydrogen) atoms. The van der Waals surface area contributed by atoms with Crippen molar-refractivity contribution >= 4 is 17.4 Å². The molecule has 0 saturated heterocycles. The van der Waals surface area contributed by atoms with Crippen molar-refractivity contribution in [2.75, 3.05) is 24.6 Å². The zero-order valence-electron chi connectivity index (χ0n) is 10.2. The van der Waals surface area contributed by atoms with Gasteiger partial charge < -0.3 is 21.1 Å². The maximum Gasteiger partial charge on any atom is 0.242 e. The van der Waals surface area contributed by atoms with E-state index in [2.05, 4.69) is 20.6 Å². The van der Waals surface area contributed by atoms with Crippen LogP contribution in [0.5, 0.6) is 5.88 Å². The number of carbonyl (C=O) groups excluding carboxylic acids is 1. The Kier molecular flexibility index (Phi) is 4.50. The lowest BCUT2D eigenvalue weighted by Crippen LogP contribution is -2.26. The first-order chi connectivity index (χ1) is 8.04. The molecule has 1 heterocycles. The molecule has 0 bridgehead atoms. The lowest BCUT2D eigenvalue weighted by molar-refractivity contribution is -0.118. The number of anilines is 2. The van der Waals surface area contributed by atoms with Gasteiger partial charge in [0.1, 0.15) is 12.0 Å². The SMILES string of the molecule is CNC(=O)CNc1ncnc(OC(C)C)c1N. The van der Waals surface area contributed by atoms with Crippen molar-refractivity contribution < 1.29 is 9.53 Å². The molecule has 0 aromatic carbocycles. The first-order valence-corrected chi connectivity index (χ1v) is 5.26. The standard InChI is InChI=1S/C10H17N5O2/c1-6(2)17-10-8(11)9(14-5-15-10)13-4-7(16)12-3/h5-6H,4,11H2,1-3H3,(H,12,16)(H,13,14,15). The van der Waals surface area contributed by atoms with E-state index < -0.39 is 0 Å². The molecule has 0 fully saturated rings. The molecule has 1 aromatic heterocycles. The fourth-order valence-electron chi connectivity index (χ4n) is 1.09. The quantitative estimate of drug-likeness (QED) is 0.668. The topological polar surface area (TPSA) is 102 Å². The maximum atomic E-state index is 11.1. The number of aromatic nitrogens is 2. The Morgan fingerprint density at radius 2 is 2.24 bits per heavy atom. The van der Waals surface area contributed by atoms with Crippen LogP contribution in [0.1, 0.15) is 13.8 Å². The van der Waals surface area contributed by atoms with Gasteiger partial charge in [-0.25, -0.2) is 4.98 Å². The van der Waals surface area contributed by atoms with E-state index in [9.17, 15) is 4.79 Å². The summed E-state index contributed by atoms with van der Waals surface area (Å²) in [6.45, 7) is 3.84. The van der Waals surface area contributed by atoms with Crippen molar-refractivity contribution in [2.24, 2.45) is 0 Å². The molecule has 1 rings (SSSR count). The number of likely N-dealkylation sites (N-methyl/N-ethyl adjacent to an activating group) is 1. The molecule has 0 atom stereocenters. The monoisotopic (exact) mass is 239 g/mol. The van der Waals surface area contributed by atoms with E-state index in [-0.39, 0.29) is 18.6 Å². The molecule has 0 spiro atoms. The highest BCUT2D eigenvalue weighted by atomic mass is 16.5. The van der Waals surface area contributed by atoms with E-state index in [0.29, 0.717) is 17.4 Å². The summed E-state index contributed by atoms with van der Waals surface area (Å²) in [4.78, 5) is 18.9. The van der Waals surface area contributed by atoms with Gasteiger partial charge >= 0.3 is 0 Å². The minimum atomic E-state index is -0.158. The number of nitrogen functional groups attached to an aromatic ring is 1. The van der Waals surface area contributed by atoms with Crippen LogP contribution < -0.4 is 21.1 Å². The van der Waals surface area contributed by atoms with Gasteiger partial charge in [-0.2, -0.15) is 4.98 Å². The summed E-state index contributed by atoms with van der Waals surface area (Å²) in [7, 11) is 1.56. The molecule has 0 aliphatic heterocycles. The largest absolute Gasteiger partial charge is 0.473 e. The van der Waals surface area contributed by atoms with Crippen LogP contribution >= 0.6 is 0 Å². The molecule has 4 N–H and O–H groups in total. The van der Waals surface area contributed by atoms with E-state index in [1.54, 1.807) is 7.05 Å². The molecule has 0 aliphatic carbocycles. The summed E-state index contributed by atoms with van der Waals surface area (Å²) >= 11 is 0. The van der Waals surface area contributed by atoms with E-state index in [1.165, 1.54) is 6.33 Å². The number of hydrogen-bond donors (Lipinski definition) is 3. The first-order valence-electron chi connectivity index (χ1n) is 5.26. The predicted molar refractivity (Wildman–Crippen MR) is 64.8 cm³/mol. The second-order valence-corrected chi connectivity index (χ2v) is 3.63. The zero-order valence-corrected chi connectivity index (χ0v) is 10.2. The third kappa shape index (κ3) is 3.78. The number of carbonyl (C=O) groups is 1. The average molecular weight is 239 g/mol. The van der Waals surface area contributed by atoms with Gasteiger partial charge in [-0.05, 0) is 13.8 Å². The number of hydrogen-bond acceptors (Lipinski definition) is 6. The smallest absolute Gasteiger partial charge is 0.242 e. The molecule has 0 unspecified atom stereocenters. The van der Waals surface area contributed by atoms with Gasteiger partial charge in [0, 0.05) is 7.05 Å². The number of nitrogens with one attached hydrogen (secondary N) is 2. The summed E-state index contributed by atoms with van der Waals surface area (Å²) < 4.78 is 5.40. The Morgan fingerprint density at radius 3 is 2.82 bits per heavy atom. The van der Waals surface area contributed by atoms with Crippen LogP contribution in [0.15, 0.2) is 6.33 Å². The Hall–Kier alpha value is -2.05. The Bertz CT molecular complexity index is 394. The highest BCUT2D eigenvalue weighted by Gasteiger charge is 2.11. The van der Waals surface area contributed by atoms with E-state index in [4.69, 9.17) is 10.5 Å². The zero-order chi connectivity index (χ0) is 12.8. The highest BCUT2D eigenvalue weighted by Crippen LogP contribution is 2.24. The molecule has 1 aromatic rings. The molecular formula is C10H17N5O2. The summed E-state index contributed by atoms with van der Waals surface area (Å²) in [5, 5.41) is 5.29. The molecule has 7 nitrogen and oxygen atoms in total. The number of nitrogens with zero attached hydrogens (tertiary/aromatic N) is 2. The summed E-state index contributed by atoms with van der Waals surface area (Å²) in [6, 6.07) is 0. The molecule has 1 amide bonds. The Labute approximate surface area is 99.8 Å². The van der Waals surface area contributed by atoms with Crippen LogP contribution in [0.2, 0.25) is 0 Å². The molecule has 0 saturated carbocycles. The van der Waals surface area contributed by atoms with Gasteiger partial charge in [0.25, 0.3) is 0 Å². The van der Waals surface area contributed by atoms with E-state index >= 15 is 0 Å². The molecular weight excluding hydrogens is 222 g/mol. The van der Waals surface area contributed by atoms with Crippen LogP contribution in [0.4, 0.5) is 11.5 Å². The van der Waals surface area contributed by atoms with Crippen molar-refractivity contribution in [3.05, 3.63) is 6.33 Å². The summed E-state index contributed by atoms with van der Waals surface area (Å²) in [5.41, 5.74) is 6.11. The van der Waals surface area contributed by atoms with Crippen LogP contribution in [0.25, 0.3) is 0 Å². The van der Waals surface area contributed by atoms with Crippen molar-refractivity contribution in [2.45, 2.75) is 20.0 Å². The maximum absolute atomic E-state index is 11.1. The lowest BCUT2D eigenvalue weighted by Gasteiger charge is -2.13. The van der Waals surface area contributed by atoms with E-state index in [1.807, 2.05) is 13.8 Å². The fraction of sp³-hybridized carbons (Fsp3) is 0.500. The van der Waals surface area contributed by atoms with Gasteiger partial charge in [0.05, 0.1) is 12.6 Å². The summed E-state index contributed by atoms with van der Waals surface area (Å²) in [5.74, 6) is 0.544. The van der Waals surface area contributed by atoms with E-state index in [0.717, 1.165) is 0 Å². The number of nitrogens with two attached hydrogens (primary N) is 1. The second-order valence-electron chi connectivity index (χ2n) is 3.63. The van der Waals surface area contributed by atoms with Gasteiger partial charge in [0.2, 0.25) is 11.8 Å². The van der Waals surface area contributed by atoms with Crippen LogP contribution in [-0.4, -0.2) is 35.6 Å². The number of rotatable bonds is 5. The van der Waals surface area contributed by atoms with Crippen molar-refractivity contribution in [3.8, 4) is 5.88 Å². The average Bonchev–Trinajstić information content (AvgIpc) is 2.29. The first kappa shape index (κ1) is 13.0. The van der Waals surface area contributed by atoms with Crippen LogP contribution in [0, 0.1) is 0 Å². The second kappa shape index (κ2) is 5.88. The highest BCUT2D eigenvalue weighted by molar-refractivity contribution is 5.81. The Morgan fingerprint density at radius 1 is 1.53 bits per heavy atom. The van der Waals surface area contributed by atoms with Crippen molar-refractivity contribution in [3.63, 3.8) is 0 Å².